The summed E-state index contributed by atoms with van der Waals surface area (Å²) in [4.78, 5) is 0. The number of hydrogen-bond donors (Lipinski definition) is 3. The molecular weight excluding hydrogens is 190 g/mol. The lowest BCUT2D eigenvalue weighted by Gasteiger charge is -2.08. The molecule has 1 aromatic carbocycles. The molecule has 4 heteroatoms. The van der Waals surface area contributed by atoms with Gasteiger partial charge in [0.1, 0.15) is 11.5 Å². The van der Waals surface area contributed by atoms with E-state index in [0.717, 1.165) is 0 Å². The van der Waals surface area contributed by atoms with E-state index in [1.165, 1.54) is 24.3 Å². The number of phenolic OH excluding ortho intramolecular Hbond substituents is 2. The van der Waals surface area contributed by atoms with E-state index in [1.54, 1.807) is 0 Å². The molecule has 1 aromatic rings. The Morgan fingerprint density at radius 2 is 2.00 bits per heavy atom. The van der Waals surface area contributed by atoms with E-state index in [1.807, 2.05) is 0 Å². The van der Waals surface area contributed by atoms with Crippen molar-refractivity contribution in [2.24, 2.45) is 5.73 Å². The average molecular weight is 202 g/mol. The lowest BCUT2D eigenvalue weighted by molar-refractivity contribution is 0.452. The van der Waals surface area contributed by atoms with E-state index in [9.17, 15) is 5.11 Å². The van der Waals surface area contributed by atoms with Gasteiger partial charge in [-0.15, -0.1) is 19.0 Å². The predicted octanol–water partition coefficient (Wildman–Crippen LogP) is 1.71. The first-order valence-corrected chi connectivity index (χ1v) is 3.55. The lowest BCUT2D eigenvalue weighted by Crippen LogP contribution is -2.06. The van der Waals surface area contributed by atoms with Crippen molar-refractivity contribution in [3.8, 4) is 11.5 Å². The van der Waals surface area contributed by atoms with Crippen molar-refractivity contribution in [1.29, 1.82) is 0 Å². The number of phenols is 2. The number of rotatable bonds is 2. The fourth-order valence-corrected chi connectivity index (χ4v) is 0.936. The van der Waals surface area contributed by atoms with Crippen LogP contribution in [0.3, 0.4) is 0 Å². The smallest absolute Gasteiger partial charge is 0.120 e. The number of nitrogens with two attached hydrogens (primary N) is 1. The Morgan fingerprint density at radius 3 is 2.54 bits per heavy atom. The highest BCUT2D eigenvalue weighted by molar-refractivity contribution is 5.85. The van der Waals surface area contributed by atoms with Gasteiger partial charge in [0.2, 0.25) is 0 Å². The summed E-state index contributed by atoms with van der Waals surface area (Å²) in [6.07, 6.45) is 1.49. The van der Waals surface area contributed by atoms with Crippen molar-refractivity contribution in [3.05, 3.63) is 36.4 Å². The highest BCUT2D eigenvalue weighted by Crippen LogP contribution is 2.26. The van der Waals surface area contributed by atoms with Crippen molar-refractivity contribution in [3.63, 3.8) is 0 Å². The molecule has 0 unspecified atom stereocenters. The minimum atomic E-state index is -0.447. The Hall–Kier alpha value is -1.19. The first kappa shape index (κ1) is 11.8. The number of aromatic hydroxyl groups is 2. The standard InChI is InChI=1S/C9H11NO2.ClH/c1-2-8(10)7-5-6(11)3-4-9(7)12;/h2-5,8,11-12H,1,10H2;1H/t8-;/m1./s1. The van der Waals surface area contributed by atoms with Crippen LogP contribution in [0.15, 0.2) is 30.9 Å². The van der Waals surface area contributed by atoms with E-state index in [4.69, 9.17) is 10.8 Å². The topological polar surface area (TPSA) is 66.5 Å². The van der Waals surface area contributed by atoms with Gasteiger partial charge in [-0.1, -0.05) is 6.08 Å². The van der Waals surface area contributed by atoms with Gasteiger partial charge in [0, 0.05) is 5.56 Å². The highest BCUT2D eigenvalue weighted by atomic mass is 35.5. The lowest BCUT2D eigenvalue weighted by atomic mass is 10.1. The highest BCUT2D eigenvalue weighted by Gasteiger charge is 2.07. The third-order valence-electron chi connectivity index (χ3n) is 1.62. The largest absolute Gasteiger partial charge is 0.508 e. The van der Waals surface area contributed by atoms with Gasteiger partial charge in [0.05, 0.1) is 6.04 Å². The van der Waals surface area contributed by atoms with Crippen LogP contribution in [0.5, 0.6) is 11.5 Å². The first-order chi connectivity index (χ1) is 5.65. The number of halogens is 1. The molecule has 0 aliphatic heterocycles. The average Bonchev–Trinajstić information content (AvgIpc) is 2.08. The van der Waals surface area contributed by atoms with Gasteiger partial charge in [0.25, 0.3) is 0 Å². The fraction of sp³-hybridized carbons (Fsp3) is 0.111. The quantitative estimate of drug-likeness (QED) is 0.504. The molecule has 0 spiro atoms. The van der Waals surface area contributed by atoms with E-state index < -0.39 is 6.04 Å². The third-order valence-corrected chi connectivity index (χ3v) is 1.62. The molecular formula is C9H12ClNO2. The second-order valence-corrected chi connectivity index (χ2v) is 2.50. The molecule has 0 bridgehead atoms. The summed E-state index contributed by atoms with van der Waals surface area (Å²) in [6.45, 7) is 3.49. The maximum absolute atomic E-state index is 9.30. The van der Waals surface area contributed by atoms with Crippen LogP contribution in [-0.4, -0.2) is 10.2 Å². The van der Waals surface area contributed by atoms with Gasteiger partial charge in [0.15, 0.2) is 0 Å². The summed E-state index contributed by atoms with van der Waals surface area (Å²) in [7, 11) is 0. The minimum absolute atomic E-state index is 0. The molecule has 0 aromatic heterocycles. The monoisotopic (exact) mass is 201 g/mol. The van der Waals surface area contributed by atoms with Crippen LogP contribution in [0.1, 0.15) is 11.6 Å². The molecule has 0 aliphatic carbocycles. The molecule has 13 heavy (non-hydrogen) atoms. The second-order valence-electron chi connectivity index (χ2n) is 2.50. The second kappa shape index (κ2) is 4.74. The zero-order chi connectivity index (χ0) is 9.14. The molecule has 0 saturated heterocycles. The molecule has 0 saturated carbocycles. The first-order valence-electron chi connectivity index (χ1n) is 3.55. The van der Waals surface area contributed by atoms with Gasteiger partial charge >= 0.3 is 0 Å². The summed E-state index contributed by atoms with van der Waals surface area (Å²) < 4.78 is 0. The van der Waals surface area contributed by atoms with Crippen LogP contribution < -0.4 is 5.73 Å². The van der Waals surface area contributed by atoms with E-state index in [2.05, 4.69) is 6.58 Å². The van der Waals surface area contributed by atoms with Crippen molar-refractivity contribution in [1.82, 2.24) is 0 Å². The van der Waals surface area contributed by atoms with E-state index >= 15 is 0 Å². The van der Waals surface area contributed by atoms with Gasteiger partial charge in [-0.3, -0.25) is 0 Å². The Kier molecular flexibility index (Phi) is 4.31. The van der Waals surface area contributed by atoms with Crippen LogP contribution in [0.2, 0.25) is 0 Å². The van der Waals surface area contributed by atoms with Gasteiger partial charge in [-0.05, 0) is 18.2 Å². The SMILES string of the molecule is C=C[C@@H](N)c1cc(O)ccc1O.Cl. The van der Waals surface area contributed by atoms with Crippen LogP contribution in [0.4, 0.5) is 0 Å². The normalized spacial score (nSPS) is 11.5. The Labute approximate surface area is 82.9 Å². The van der Waals surface area contributed by atoms with Crippen LogP contribution >= 0.6 is 12.4 Å². The molecule has 0 fully saturated rings. The molecule has 0 aliphatic rings. The van der Waals surface area contributed by atoms with Crippen LogP contribution in [-0.2, 0) is 0 Å². The zero-order valence-electron chi connectivity index (χ0n) is 6.97. The molecule has 0 amide bonds. The van der Waals surface area contributed by atoms with Crippen LogP contribution in [0, 0.1) is 0 Å². The van der Waals surface area contributed by atoms with Crippen molar-refractivity contribution < 1.29 is 10.2 Å². The van der Waals surface area contributed by atoms with Crippen molar-refractivity contribution in [2.45, 2.75) is 6.04 Å². The van der Waals surface area contributed by atoms with Gasteiger partial charge in [-0.25, -0.2) is 0 Å². The number of hydrogen-bond acceptors (Lipinski definition) is 3. The summed E-state index contributed by atoms with van der Waals surface area (Å²) in [5, 5.41) is 18.4. The van der Waals surface area contributed by atoms with E-state index in [-0.39, 0.29) is 23.9 Å². The Bertz CT molecular complexity index is 302. The molecule has 4 N–H and O–H groups in total. The molecule has 1 atom stereocenters. The third kappa shape index (κ3) is 2.65. The van der Waals surface area contributed by atoms with Crippen molar-refractivity contribution in [2.75, 3.05) is 0 Å². The summed E-state index contributed by atoms with van der Waals surface area (Å²) in [5.74, 6) is 0.153. The summed E-state index contributed by atoms with van der Waals surface area (Å²) >= 11 is 0. The maximum atomic E-state index is 9.30. The molecule has 0 radical (unpaired) electrons. The van der Waals surface area contributed by atoms with Gasteiger partial charge < -0.3 is 15.9 Å². The zero-order valence-corrected chi connectivity index (χ0v) is 7.79. The Morgan fingerprint density at radius 1 is 1.38 bits per heavy atom. The van der Waals surface area contributed by atoms with Gasteiger partial charge in [-0.2, -0.15) is 0 Å². The van der Waals surface area contributed by atoms with E-state index in [0.29, 0.717) is 5.56 Å². The maximum Gasteiger partial charge on any atom is 0.120 e. The Balaban J connectivity index is 0.00000144. The minimum Gasteiger partial charge on any atom is -0.508 e. The predicted molar refractivity (Wildman–Crippen MR) is 54.1 cm³/mol. The van der Waals surface area contributed by atoms with Crippen LogP contribution in [0.25, 0.3) is 0 Å². The molecule has 1 rings (SSSR count). The fourth-order valence-electron chi connectivity index (χ4n) is 0.936. The molecule has 3 nitrogen and oxygen atoms in total. The summed E-state index contributed by atoms with van der Waals surface area (Å²) in [5.41, 5.74) is 6.05. The van der Waals surface area contributed by atoms with Crippen molar-refractivity contribution >= 4 is 12.4 Å². The molecule has 72 valence electrons. The summed E-state index contributed by atoms with van der Waals surface area (Å²) in [6, 6.07) is 3.77. The molecule has 0 heterocycles. The number of benzene rings is 1.